The number of likely N-dealkylation sites (tertiary alicyclic amines) is 1. The van der Waals surface area contributed by atoms with Crippen molar-refractivity contribution in [2.75, 3.05) is 13.1 Å². The maximum Gasteiger partial charge on any atom is 0.416 e. The first-order chi connectivity index (χ1) is 17.2. The SMILES string of the molecule is O=C(c1oc(=O)c2ccccc2c1-c1ccccc1)N1CCC(O)(c2cccc(C(F)(F)F)c2)CC1. The highest BCUT2D eigenvalue weighted by atomic mass is 19.4. The molecule has 1 aromatic heterocycles. The van der Waals surface area contributed by atoms with E-state index in [-0.39, 0.29) is 37.3 Å². The van der Waals surface area contributed by atoms with Gasteiger partial charge in [0.2, 0.25) is 5.76 Å². The lowest BCUT2D eigenvalue weighted by molar-refractivity contribution is -0.137. The number of benzene rings is 3. The van der Waals surface area contributed by atoms with Crippen molar-refractivity contribution in [3.63, 3.8) is 0 Å². The predicted octanol–water partition coefficient (Wildman–Crippen LogP) is 5.60. The fourth-order valence-corrected chi connectivity index (χ4v) is 4.74. The van der Waals surface area contributed by atoms with E-state index in [1.54, 1.807) is 24.3 Å². The van der Waals surface area contributed by atoms with Crippen molar-refractivity contribution in [1.29, 1.82) is 0 Å². The smallest absolute Gasteiger partial charge is 0.416 e. The van der Waals surface area contributed by atoms with Crippen molar-refractivity contribution in [3.8, 4) is 11.1 Å². The maximum atomic E-state index is 13.6. The van der Waals surface area contributed by atoms with Gasteiger partial charge in [-0.15, -0.1) is 0 Å². The molecule has 1 amide bonds. The molecule has 1 aliphatic heterocycles. The molecule has 5 rings (SSSR count). The number of rotatable bonds is 3. The second kappa shape index (κ2) is 8.95. The number of piperidine rings is 1. The number of nitrogens with zero attached hydrogens (tertiary/aromatic N) is 1. The van der Waals surface area contributed by atoms with E-state index < -0.39 is 28.9 Å². The van der Waals surface area contributed by atoms with Crippen LogP contribution in [0.1, 0.15) is 34.5 Å². The van der Waals surface area contributed by atoms with Crippen LogP contribution in [0.15, 0.2) is 88.1 Å². The van der Waals surface area contributed by atoms with Crippen LogP contribution in [0, 0.1) is 0 Å². The minimum atomic E-state index is -4.52. The van der Waals surface area contributed by atoms with Crippen molar-refractivity contribution in [1.82, 2.24) is 4.90 Å². The summed E-state index contributed by atoms with van der Waals surface area (Å²) in [6.45, 7) is 0.159. The number of carbonyl (C=O) groups excluding carboxylic acids is 1. The van der Waals surface area contributed by atoms with E-state index in [2.05, 4.69) is 0 Å². The molecule has 0 saturated carbocycles. The van der Waals surface area contributed by atoms with Gasteiger partial charge in [0.25, 0.3) is 5.91 Å². The van der Waals surface area contributed by atoms with Crippen molar-refractivity contribution < 1.29 is 27.5 Å². The zero-order valence-electron chi connectivity index (χ0n) is 19.1. The van der Waals surface area contributed by atoms with Gasteiger partial charge in [0.05, 0.1) is 16.6 Å². The Morgan fingerprint density at radius 3 is 2.19 bits per heavy atom. The second-order valence-electron chi connectivity index (χ2n) is 8.91. The van der Waals surface area contributed by atoms with Gasteiger partial charge >= 0.3 is 11.8 Å². The van der Waals surface area contributed by atoms with Crippen LogP contribution in [0.3, 0.4) is 0 Å². The molecule has 0 bridgehead atoms. The molecule has 2 heterocycles. The summed E-state index contributed by atoms with van der Waals surface area (Å²) in [6, 6.07) is 20.6. The monoisotopic (exact) mass is 493 g/mol. The van der Waals surface area contributed by atoms with Crippen LogP contribution in [-0.2, 0) is 11.8 Å². The summed E-state index contributed by atoms with van der Waals surface area (Å²) in [5.41, 5.74) is -1.62. The van der Waals surface area contributed by atoms with E-state index in [1.807, 2.05) is 30.3 Å². The first-order valence-electron chi connectivity index (χ1n) is 11.5. The van der Waals surface area contributed by atoms with E-state index in [0.29, 0.717) is 21.9 Å². The third-order valence-corrected chi connectivity index (χ3v) is 6.70. The molecule has 5 nitrogen and oxygen atoms in total. The van der Waals surface area contributed by atoms with Gasteiger partial charge in [-0.05, 0) is 42.2 Å². The summed E-state index contributed by atoms with van der Waals surface area (Å²) in [5.74, 6) is -0.614. The normalized spacial score (nSPS) is 15.7. The molecule has 0 atom stereocenters. The second-order valence-corrected chi connectivity index (χ2v) is 8.91. The Kier molecular flexibility index (Phi) is 5.92. The van der Waals surface area contributed by atoms with Crippen LogP contribution < -0.4 is 5.63 Å². The molecule has 1 aliphatic rings. The molecule has 0 aliphatic carbocycles. The molecular formula is C28H22F3NO4. The minimum Gasteiger partial charge on any atom is -0.416 e. The molecule has 0 spiro atoms. The minimum absolute atomic E-state index is 0.0402. The van der Waals surface area contributed by atoms with E-state index in [4.69, 9.17) is 4.42 Å². The standard InChI is InChI=1S/C28H22F3NO4/c29-28(30,31)20-10-6-9-19(17-20)27(35)13-15-32(16-14-27)25(33)24-23(18-7-2-1-3-8-18)21-11-4-5-12-22(21)26(34)36-24/h1-12,17,35H,13-16H2. The molecule has 1 fully saturated rings. The van der Waals surface area contributed by atoms with Gasteiger partial charge < -0.3 is 14.4 Å². The highest BCUT2D eigenvalue weighted by molar-refractivity contribution is 6.07. The fourth-order valence-electron chi connectivity index (χ4n) is 4.74. The fraction of sp³-hybridized carbons (Fsp3) is 0.214. The quantitative estimate of drug-likeness (QED) is 0.403. The van der Waals surface area contributed by atoms with Crippen molar-refractivity contribution in [3.05, 3.63) is 106 Å². The zero-order chi connectivity index (χ0) is 25.5. The number of aliphatic hydroxyl groups is 1. The maximum absolute atomic E-state index is 13.6. The summed E-state index contributed by atoms with van der Waals surface area (Å²) in [7, 11) is 0. The molecule has 8 heteroatoms. The number of carbonyl (C=O) groups is 1. The lowest BCUT2D eigenvalue weighted by Crippen LogP contribution is -2.45. The third-order valence-electron chi connectivity index (χ3n) is 6.70. The van der Waals surface area contributed by atoms with Gasteiger partial charge in [-0.2, -0.15) is 13.2 Å². The first kappa shape index (κ1) is 23.8. The highest BCUT2D eigenvalue weighted by Gasteiger charge is 2.39. The number of hydrogen-bond acceptors (Lipinski definition) is 4. The molecule has 0 radical (unpaired) electrons. The van der Waals surface area contributed by atoms with Crippen LogP contribution in [0.25, 0.3) is 21.9 Å². The Morgan fingerprint density at radius 2 is 1.53 bits per heavy atom. The molecule has 0 unspecified atom stereocenters. The van der Waals surface area contributed by atoms with Crippen LogP contribution >= 0.6 is 0 Å². The van der Waals surface area contributed by atoms with Crippen molar-refractivity contribution >= 4 is 16.7 Å². The number of halogens is 3. The lowest BCUT2D eigenvalue weighted by atomic mass is 9.83. The summed E-state index contributed by atoms with van der Waals surface area (Å²) >= 11 is 0. The Balaban J connectivity index is 1.48. The molecule has 4 aromatic rings. The Hall–Kier alpha value is -3.91. The van der Waals surface area contributed by atoms with Gasteiger partial charge in [0.15, 0.2) is 0 Å². The molecule has 1 N–H and O–H groups in total. The topological polar surface area (TPSA) is 70.8 Å². The van der Waals surface area contributed by atoms with Gasteiger partial charge in [0.1, 0.15) is 0 Å². The van der Waals surface area contributed by atoms with Crippen LogP contribution in [0.2, 0.25) is 0 Å². The summed E-state index contributed by atoms with van der Waals surface area (Å²) < 4.78 is 45.0. The summed E-state index contributed by atoms with van der Waals surface area (Å²) in [5, 5.41) is 12.1. The molecule has 36 heavy (non-hydrogen) atoms. The van der Waals surface area contributed by atoms with Crippen molar-refractivity contribution in [2.45, 2.75) is 24.6 Å². The van der Waals surface area contributed by atoms with Crippen LogP contribution in [-0.4, -0.2) is 29.0 Å². The van der Waals surface area contributed by atoms with Crippen LogP contribution in [0.5, 0.6) is 0 Å². The van der Waals surface area contributed by atoms with E-state index in [0.717, 1.165) is 12.1 Å². The van der Waals surface area contributed by atoms with Gasteiger partial charge in [0, 0.05) is 24.0 Å². The number of alkyl halides is 3. The number of amides is 1. The molecule has 1 saturated heterocycles. The lowest BCUT2D eigenvalue weighted by Gasteiger charge is -2.38. The first-order valence-corrected chi connectivity index (χ1v) is 11.5. The number of fused-ring (bicyclic) bond motifs is 1. The van der Waals surface area contributed by atoms with E-state index >= 15 is 0 Å². The molecular weight excluding hydrogens is 471 g/mol. The molecule has 184 valence electrons. The summed E-state index contributed by atoms with van der Waals surface area (Å²) in [6.07, 6.45) is -4.44. The number of hydrogen-bond donors (Lipinski definition) is 1. The van der Waals surface area contributed by atoms with Crippen molar-refractivity contribution in [2.24, 2.45) is 0 Å². The highest BCUT2D eigenvalue weighted by Crippen LogP contribution is 2.38. The predicted molar refractivity (Wildman–Crippen MR) is 128 cm³/mol. The Bertz CT molecular complexity index is 1490. The van der Waals surface area contributed by atoms with Crippen LogP contribution in [0.4, 0.5) is 13.2 Å². The molecule has 3 aromatic carbocycles. The third kappa shape index (κ3) is 4.28. The van der Waals surface area contributed by atoms with E-state index in [9.17, 15) is 27.9 Å². The van der Waals surface area contributed by atoms with Gasteiger partial charge in [-0.1, -0.05) is 60.7 Å². The summed E-state index contributed by atoms with van der Waals surface area (Å²) in [4.78, 5) is 27.7. The Morgan fingerprint density at radius 1 is 0.889 bits per heavy atom. The van der Waals surface area contributed by atoms with Gasteiger partial charge in [-0.3, -0.25) is 4.79 Å². The average Bonchev–Trinajstić information content (AvgIpc) is 2.89. The largest absolute Gasteiger partial charge is 0.416 e. The average molecular weight is 493 g/mol. The zero-order valence-corrected chi connectivity index (χ0v) is 19.1. The van der Waals surface area contributed by atoms with Gasteiger partial charge in [-0.25, -0.2) is 4.79 Å². The Labute approximate surface area is 204 Å². The van der Waals surface area contributed by atoms with E-state index in [1.165, 1.54) is 17.0 Å².